The molecule has 0 fully saturated rings. The standard InChI is InChI=1S/C19H20N4O2S/c1-14(18(24)22(2)15-9-5-4-6-10-15)26-19-21-20-13-23(19)16-11-7-8-12-17(16)25-3/h4-14H,1-3H3/t14-/m1/s1. The molecule has 0 unspecified atom stereocenters. The first-order chi connectivity index (χ1) is 12.6. The van der Waals surface area contributed by atoms with Crippen LogP contribution in [0.1, 0.15) is 6.92 Å². The monoisotopic (exact) mass is 368 g/mol. The van der Waals surface area contributed by atoms with Gasteiger partial charge in [0.25, 0.3) is 0 Å². The van der Waals surface area contributed by atoms with Gasteiger partial charge in [0.15, 0.2) is 5.16 Å². The molecule has 0 N–H and O–H groups in total. The highest BCUT2D eigenvalue weighted by Gasteiger charge is 2.23. The van der Waals surface area contributed by atoms with Crippen molar-refractivity contribution in [3.05, 3.63) is 60.9 Å². The number of nitrogens with zero attached hydrogens (tertiary/aromatic N) is 4. The van der Waals surface area contributed by atoms with Crippen LogP contribution in [-0.2, 0) is 4.79 Å². The zero-order valence-electron chi connectivity index (χ0n) is 14.9. The van der Waals surface area contributed by atoms with Crippen molar-refractivity contribution >= 4 is 23.4 Å². The van der Waals surface area contributed by atoms with Gasteiger partial charge < -0.3 is 9.64 Å². The lowest BCUT2D eigenvalue weighted by Crippen LogP contribution is -2.33. The summed E-state index contributed by atoms with van der Waals surface area (Å²) in [5.41, 5.74) is 1.69. The highest BCUT2D eigenvalue weighted by molar-refractivity contribution is 8.00. The van der Waals surface area contributed by atoms with Gasteiger partial charge in [-0.2, -0.15) is 0 Å². The summed E-state index contributed by atoms with van der Waals surface area (Å²) in [7, 11) is 3.40. The summed E-state index contributed by atoms with van der Waals surface area (Å²) in [6.45, 7) is 1.87. The van der Waals surface area contributed by atoms with Crippen LogP contribution in [0, 0.1) is 0 Å². The number of aromatic nitrogens is 3. The number of anilines is 1. The number of rotatable bonds is 6. The SMILES string of the molecule is COc1ccccc1-n1cnnc1S[C@H](C)C(=O)N(C)c1ccccc1. The molecule has 7 heteroatoms. The molecule has 0 bridgehead atoms. The van der Waals surface area contributed by atoms with Crippen molar-refractivity contribution in [2.45, 2.75) is 17.3 Å². The van der Waals surface area contributed by atoms with Crippen molar-refractivity contribution in [1.82, 2.24) is 14.8 Å². The lowest BCUT2D eigenvalue weighted by atomic mass is 10.3. The summed E-state index contributed by atoms with van der Waals surface area (Å²) in [4.78, 5) is 14.4. The van der Waals surface area contributed by atoms with Crippen LogP contribution in [0.5, 0.6) is 5.75 Å². The topological polar surface area (TPSA) is 60.2 Å². The van der Waals surface area contributed by atoms with E-state index in [1.165, 1.54) is 11.8 Å². The fraction of sp³-hybridized carbons (Fsp3) is 0.211. The molecule has 134 valence electrons. The first-order valence-corrected chi connectivity index (χ1v) is 9.02. The Bertz CT molecular complexity index is 882. The van der Waals surface area contributed by atoms with E-state index in [0.29, 0.717) is 5.16 Å². The fourth-order valence-corrected chi connectivity index (χ4v) is 3.49. The molecule has 26 heavy (non-hydrogen) atoms. The summed E-state index contributed by atoms with van der Waals surface area (Å²) in [5, 5.41) is 8.49. The van der Waals surface area contributed by atoms with Crippen molar-refractivity contribution < 1.29 is 9.53 Å². The summed E-state index contributed by atoms with van der Waals surface area (Å²) in [6, 6.07) is 17.2. The first kappa shape index (κ1) is 18.0. The molecule has 0 saturated heterocycles. The van der Waals surface area contributed by atoms with Crippen LogP contribution in [0.15, 0.2) is 66.1 Å². The maximum Gasteiger partial charge on any atom is 0.240 e. The van der Waals surface area contributed by atoms with Crippen LogP contribution in [0.4, 0.5) is 5.69 Å². The maximum absolute atomic E-state index is 12.8. The third-order valence-electron chi connectivity index (χ3n) is 3.97. The average molecular weight is 368 g/mol. The normalized spacial score (nSPS) is 11.8. The Morgan fingerprint density at radius 2 is 1.85 bits per heavy atom. The van der Waals surface area contributed by atoms with E-state index in [1.54, 1.807) is 25.4 Å². The second-order valence-electron chi connectivity index (χ2n) is 5.65. The van der Waals surface area contributed by atoms with Crippen molar-refractivity contribution in [2.24, 2.45) is 0 Å². The molecule has 0 spiro atoms. The molecule has 3 aromatic rings. The summed E-state index contributed by atoms with van der Waals surface area (Å²) in [6.07, 6.45) is 1.62. The van der Waals surface area contributed by atoms with E-state index in [0.717, 1.165) is 17.1 Å². The molecule has 2 aromatic carbocycles. The highest BCUT2D eigenvalue weighted by Crippen LogP contribution is 2.29. The Labute approximate surface area is 156 Å². The number of amides is 1. The molecule has 0 saturated carbocycles. The van der Waals surface area contributed by atoms with Gasteiger partial charge in [-0.1, -0.05) is 42.1 Å². The van der Waals surface area contributed by atoms with Crippen LogP contribution in [0.2, 0.25) is 0 Å². The number of hydrogen-bond acceptors (Lipinski definition) is 5. The summed E-state index contributed by atoms with van der Waals surface area (Å²) >= 11 is 1.36. The van der Waals surface area contributed by atoms with E-state index >= 15 is 0 Å². The average Bonchev–Trinajstić information content (AvgIpc) is 3.15. The number of benzene rings is 2. The number of para-hydroxylation sites is 3. The Morgan fingerprint density at radius 1 is 1.15 bits per heavy atom. The summed E-state index contributed by atoms with van der Waals surface area (Å²) in [5.74, 6) is 0.713. The number of methoxy groups -OCH3 is 1. The smallest absolute Gasteiger partial charge is 0.240 e. The van der Waals surface area contributed by atoms with Crippen molar-refractivity contribution in [1.29, 1.82) is 0 Å². The minimum absolute atomic E-state index is 0.00391. The molecular weight excluding hydrogens is 348 g/mol. The van der Waals surface area contributed by atoms with Crippen LogP contribution in [0.3, 0.4) is 0 Å². The fourth-order valence-electron chi connectivity index (χ4n) is 2.56. The number of ether oxygens (including phenoxy) is 1. The number of carbonyl (C=O) groups excluding carboxylic acids is 1. The van der Waals surface area contributed by atoms with E-state index in [2.05, 4.69) is 10.2 Å². The van der Waals surface area contributed by atoms with E-state index < -0.39 is 0 Å². The van der Waals surface area contributed by atoms with Crippen molar-refractivity contribution in [2.75, 3.05) is 19.1 Å². The predicted octanol–water partition coefficient (Wildman–Crippen LogP) is 3.42. The van der Waals surface area contributed by atoms with Crippen LogP contribution < -0.4 is 9.64 Å². The molecule has 6 nitrogen and oxygen atoms in total. The lowest BCUT2D eigenvalue weighted by Gasteiger charge is -2.21. The van der Waals surface area contributed by atoms with Gasteiger partial charge in [-0.05, 0) is 31.2 Å². The highest BCUT2D eigenvalue weighted by atomic mass is 32.2. The Hall–Kier alpha value is -2.80. The van der Waals surface area contributed by atoms with Crippen LogP contribution >= 0.6 is 11.8 Å². The largest absolute Gasteiger partial charge is 0.495 e. The van der Waals surface area contributed by atoms with Gasteiger partial charge in [0, 0.05) is 12.7 Å². The third kappa shape index (κ3) is 3.72. The third-order valence-corrected chi connectivity index (χ3v) is 5.01. The zero-order valence-corrected chi connectivity index (χ0v) is 15.7. The number of carbonyl (C=O) groups is 1. The van der Waals surface area contributed by atoms with E-state index in [-0.39, 0.29) is 11.2 Å². The Kier molecular flexibility index (Phi) is 5.58. The minimum Gasteiger partial charge on any atom is -0.495 e. The maximum atomic E-state index is 12.8. The van der Waals surface area contributed by atoms with Crippen LogP contribution in [0.25, 0.3) is 5.69 Å². The van der Waals surface area contributed by atoms with E-state index in [4.69, 9.17) is 4.74 Å². The Balaban J connectivity index is 1.80. The molecule has 0 aliphatic heterocycles. The van der Waals surface area contributed by atoms with Gasteiger partial charge >= 0.3 is 0 Å². The molecule has 1 aromatic heterocycles. The molecule has 0 aliphatic carbocycles. The number of hydrogen-bond donors (Lipinski definition) is 0. The molecule has 3 rings (SSSR count). The van der Waals surface area contributed by atoms with Gasteiger partial charge in [0.05, 0.1) is 18.0 Å². The van der Waals surface area contributed by atoms with E-state index in [1.807, 2.05) is 66.1 Å². The molecule has 1 heterocycles. The van der Waals surface area contributed by atoms with Crippen molar-refractivity contribution in [3.63, 3.8) is 0 Å². The van der Waals surface area contributed by atoms with Gasteiger partial charge in [0.1, 0.15) is 12.1 Å². The van der Waals surface area contributed by atoms with Gasteiger partial charge in [-0.15, -0.1) is 10.2 Å². The second-order valence-corrected chi connectivity index (χ2v) is 6.96. The quantitative estimate of drug-likeness (QED) is 0.624. The zero-order chi connectivity index (χ0) is 18.5. The molecular formula is C19H20N4O2S. The lowest BCUT2D eigenvalue weighted by molar-refractivity contribution is -0.117. The molecule has 1 amide bonds. The predicted molar refractivity (Wildman–Crippen MR) is 103 cm³/mol. The van der Waals surface area contributed by atoms with Crippen molar-refractivity contribution in [3.8, 4) is 11.4 Å². The molecule has 0 radical (unpaired) electrons. The molecule has 1 atom stereocenters. The van der Waals surface area contributed by atoms with E-state index in [9.17, 15) is 4.79 Å². The van der Waals surface area contributed by atoms with Gasteiger partial charge in [-0.3, -0.25) is 9.36 Å². The minimum atomic E-state index is -0.321. The second kappa shape index (κ2) is 8.05. The number of thioether (sulfide) groups is 1. The molecule has 0 aliphatic rings. The Morgan fingerprint density at radius 3 is 2.58 bits per heavy atom. The van der Waals surface area contributed by atoms with Crippen LogP contribution in [-0.4, -0.2) is 40.1 Å². The summed E-state index contributed by atoms with van der Waals surface area (Å²) < 4.78 is 7.24. The first-order valence-electron chi connectivity index (χ1n) is 8.14. The van der Waals surface area contributed by atoms with Gasteiger partial charge in [-0.25, -0.2) is 0 Å². The van der Waals surface area contributed by atoms with Gasteiger partial charge in [0.2, 0.25) is 5.91 Å².